The Labute approximate surface area is 90.2 Å². The second kappa shape index (κ2) is 3.80. The van der Waals surface area contributed by atoms with Gasteiger partial charge in [0, 0.05) is 17.6 Å². The van der Waals surface area contributed by atoms with E-state index in [1.54, 1.807) is 6.92 Å². The minimum absolute atomic E-state index is 0.203. The largest absolute Gasteiger partial charge is 0.379 e. The summed E-state index contributed by atoms with van der Waals surface area (Å²) >= 11 is 1.02. The lowest BCUT2D eigenvalue weighted by Crippen LogP contribution is -2.47. The van der Waals surface area contributed by atoms with Crippen LogP contribution in [0.3, 0.4) is 0 Å². The zero-order valence-corrected chi connectivity index (χ0v) is 8.95. The number of nitrogens with two attached hydrogens (primary N) is 1. The van der Waals surface area contributed by atoms with E-state index in [-0.39, 0.29) is 11.9 Å². The highest BCUT2D eigenvalue weighted by Gasteiger charge is 2.44. The van der Waals surface area contributed by atoms with E-state index in [0.717, 1.165) is 11.5 Å². The van der Waals surface area contributed by atoms with Gasteiger partial charge in [0.1, 0.15) is 0 Å². The summed E-state index contributed by atoms with van der Waals surface area (Å²) in [4.78, 5) is 11.9. The highest BCUT2D eigenvalue weighted by molar-refractivity contribution is 7.09. The summed E-state index contributed by atoms with van der Waals surface area (Å²) in [5, 5.41) is 10.0. The lowest BCUT2D eigenvalue weighted by Gasteiger charge is -2.24. The maximum atomic E-state index is 11.9. The van der Waals surface area contributed by atoms with E-state index >= 15 is 0 Å². The van der Waals surface area contributed by atoms with E-state index < -0.39 is 5.41 Å². The second-order valence-electron chi connectivity index (χ2n) is 3.66. The van der Waals surface area contributed by atoms with Gasteiger partial charge in [0.15, 0.2) is 0 Å². The maximum absolute atomic E-state index is 11.9. The Kier molecular flexibility index (Phi) is 2.63. The first-order valence-corrected chi connectivity index (χ1v) is 5.20. The lowest BCUT2D eigenvalue weighted by atomic mass is 9.85. The van der Waals surface area contributed by atoms with Crippen molar-refractivity contribution in [3.63, 3.8) is 0 Å². The van der Waals surface area contributed by atoms with E-state index in [1.165, 1.54) is 0 Å². The molecule has 0 aromatic carbocycles. The third kappa shape index (κ3) is 1.83. The molecule has 2 rings (SSSR count). The van der Waals surface area contributed by atoms with Crippen LogP contribution in [0.25, 0.3) is 0 Å². The van der Waals surface area contributed by atoms with Crippen LogP contribution in [-0.2, 0) is 9.53 Å². The SMILES string of the molecule is CC1(C(=O)Nc2nnns2)COCC1N. The van der Waals surface area contributed by atoms with Crippen LogP contribution in [0.4, 0.5) is 5.13 Å². The molecule has 2 heterocycles. The van der Waals surface area contributed by atoms with Crippen LogP contribution in [0.5, 0.6) is 0 Å². The van der Waals surface area contributed by atoms with E-state index in [4.69, 9.17) is 10.5 Å². The number of rotatable bonds is 2. The van der Waals surface area contributed by atoms with E-state index in [9.17, 15) is 4.79 Å². The molecular weight excluding hydrogens is 218 g/mol. The van der Waals surface area contributed by atoms with Gasteiger partial charge in [0.2, 0.25) is 11.0 Å². The van der Waals surface area contributed by atoms with Crippen LogP contribution in [-0.4, -0.2) is 40.0 Å². The molecule has 0 bridgehead atoms. The minimum Gasteiger partial charge on any atom is -0.379 e. The first-order valence-electron chi connectivity index (χ1n) is 4.43. The van der Waals surface area contributed by atoms with Gasteiger partial charge in [-0.25, -0.2) is 0 Å². The van der Waals surface area contributed by atoms with Crippen LogP contribution in [0.1, 0.15) is 6.92 Å². The number of anilines is 1. The molecule has 15 heavy (non-hydrogen) atoms. The van der Waals surface area contributed by atoms with Gasteiger partial charge in [-0.15, -0.1) is 0 Å². The predicted molar refractivity (Wildman–Crippen MR) is 53.2 cm³/mol. The molecule has 1 saturated heterocycles. The van der Waals surface area contributed by atoms with Crippen LogP contribution in [0.15, 0.2) is 0 Å². The lowest BCUT2D eigenvalue weighted by molar-refractivity contribution is -0.125. The molecule has 1 fully saturated rings. The van der Waals surface area contributed by atoms with E-state index in [1.807, 2.05) is 0 Å². The van der Waals surface area contributed by atoms with Gasteiger partial charge in [0.25, 0.3) is 0 Å². The summed E-state index contributed by atoms with van der Waals surface area (Å²) in [7, 11) is 0. The highest BCUT2D eigenvalue weighted by Crippen LogP contribution is 2.28. The molecule has 1 aliphatic heterocycles. The number of aromatic nitrogens is 3. The first kappa shape index (κ1) is 10.4. The average Bonchev–Trinajstić information content (AvgIpc) is 2.79. The van der Waals surface area contributed by atoms with Gasteiger partial charge in [-0.3, -0.25) is 10.1 Å². The third-order valence-electron chi connectivity index (χ3n) is 2.56. The number of hydrogen-bond acceptors (Lipinski definition) is 7. The van der Waals surface area contributed by atoms with Gasteiger partial charge in [-0.05, 0) is 12.1 Å². The van der Waals surface area contributed by atoms with Crippen molar-refractivity contribution < 1.29 is 9.53 Å². The zero-order chi connectivity index (χ0) is 10.9. The molecule has 2 unspecified atom stereocenters. The fraction of sp³-hybridized carbons (Fsp3) is 0.714. The summed E-state index contributed by atoms with van der Waals surface area (Å²) in [6.45, 7) is 2.50. The molecule has 82 valence electrons. The summed E-state index contributed by atoms with van der Waals surface area (Å²) in [6, 6.07) is -0.293. The number of amides is 1. The van der Waals surface area contributed by atoms with Crippen molar-refractivity contribution in [3.8, 4) is 0 Å². The van der Waals surface area contributed by atoms with Crippen molar-refractivity contribution in [2.45, 2.75) is 13.0 Å². The molecule has 0 aliphatic carbocycles. The third-order valence-corrected chi connectivity index (χ3v) is 3.07. The molecule has 0 saturated carbocycles. The van der Waals surface area contributed by atoms with Gasteiger partial charge < -0.3 is 10.5 Å². The van der Waals surface area contributed by atoms with E-state index in [0.29, 0.717) is 18.3 Å². The Morgan fingerprint density at radius 3 is 3.13 bits per heavy atom. The zero-order valence-electron chi connectivity index (χ0n) is 8.14. The fourth-order valence-corrected chi connectivity index (χ4v) is 1.71. The van der Waals surface area contributed by atoms with Crippen LogP contribution in [0, 0.1) is 5.41 Å². The van der Waals surface area contributed by atoms with Gasteiger partial charge in [-0.2, -0.15) is 0 Å². The Morgan fingerprint density at radius 2 is 2.60 bits per heavy atom. The molecule has 1 aromatic heterocycles. The molecule has 0 spiro atoms. The van der Waals surface area contributed by atoms with Gasteiger partial charge >= 0.3 is 0 Å². The number of carbonyl (C=O) groups excluding carboxylic acids is 1. The molecule has 1 amide bonds. The topological polar surface area (TPSA) is 103 Å². The van der Waals surface area contributed by atoms with Crippen molar-refractivity contribution in [1.82, 2.24) is 14.8 Å². The summed E-state index contributed by atoms with van der Waals surface area (Å²) in [6.07, 6.45) is 0. The Morgan fingerprint density at radius 1 is 1.80 bits per heavy atom. The summed E-state index contributed by atoms with van der Waals surface area (Å²) in [5.41, 5.74) is 5.11. The first-order chi connectivity index (χ1) is 7.13. The molecule has 1 aromatic rings. The Balaban J connectivity index is 2.07. The predicted octanol–water partition coefficient (Wildman–Crippen LogP) is -0.765. The minimum atomic E-state index is -0.703. The number of ether oxygens (including phenoxy) is 1. The maximum Gasteiger partial charge on any atom is 0.236 e. The Hall–Kier alpha value is -1.12. The van der Waals surface area contributed by atoms with Crippen LogP contribution in [0.2, 0.25) is 0 Å². The number of hydrogen-bond donors (Lipinski definition) is 2. The van der Waals surface area contributed by atoms with Crippen LogP contribution < -0.4 is 11.1 Å². The van der Waals surface area contributed by atoms with Gasteiger partial charge in [-0.1, -0.05) is 9.59 Å². The molecule has 8 heteroatoms. The smallest absolute Gasteiger partial charge is 0.236 e. The molecular formula is C7H11N5O2S. The molecule has 0 radical (unpaired) electrons. The molecule has 3 N–H and O–H groups in total. The molecule has 7 nitrogen and oxygen atoms in total. The van der Waals surface area contributed by atoms with Crippen LogP contribution >= 0.6 is 11.5 Å². The fourth-order valence-electron chi connectivity index (χ4n) is 1.34. The number of nitrogens with one attached hydrogen (secondary N) is 1. The number of nitrogens with zero attached hydrogens (tertiary/aromatic N) is 3. The standard InChI is InChI=1S/C7H11N5O2S/c1-7(3-14-2-4(7)8)5(13)9-6-10-11-12-15-6/h4H,2-3,8H2,1H3,(H,9,10,12,13). The van der Waals surface area contributed by atoms with Crippen molar-refractivity contribution >= 4 is 22.6 Å². The molecule has 2 atom stereocenters. The average molecular weight is 229 g/mol. The van der Waals surface area contributed by atoms with Crippen molar-refractivity contribution in [2.75, 3.05) is 18.5 Å². The quantitative estimate of drug-likeness (QED) is 0.690. The van der Waals surface area contributed by atoms with Crippen molar-refractivity contribution in [3.05, 3.63) is 0 Å². The normalized spacial score (nSPS) is 30.4. The monoisotopic (exact) mass is 229 g/mol. The highest BCUT2D eigenvalue weighted by atomic mass is 32.1. The van der Waals surface area contributed by atoms with Crippen molar-refractivity contribution in [1.29, 1.82) is 0 Å². The number of carbonyl (C=O) groups is 1. The Bertz CT molecular complexity index is 356. The van der Waals surface area contributed by atoms with Gasteiger partial charge in [0.05, 0.1) is 18.6 Å². The summed E-state index contributed by atoms with van der Waals surface area (Å²) < 4.78 is 8.73. The summed E-state index contributed by atoms with van der Waals surface area (Å²) in [5.74, 6) is -0.203. The molecule has 1 aliphatic rings. The second-order valence-corrected chi connectivity index (χ2v) is 4.39. The van der Waals surface area contributed by atoms with E-state index in [2.05, 4.69) is 20.1 Å². The van der Waals surface area contributed by atoms with Crippen molar-refractivity contribution in [2.24, 2.45) is 11.1 Å².